The van der Waals surface area contributed by atoms with Crippen LogP contribution in [0.5, 0.6) is 0 Å². The molecule has 0 unspecified atom stereocenters. The predicted molar refractivity (Wildman–Crippen MR) is 345 cm³/mol. The molecule has 4 fully saturated rings. The molecule has 25 atom stereocenters. The summed E-state index contributed by atoms with van der Waals surface area (Å²) in [5.74, 6) is -10.0. The number of hydrogen-bond donors (Lipinski definition) is 2. The monoisotopic (exact) mass is 1380 g/mol. The van der Waals surface area contributed by atoms with Gasteiger partial charge in [-0.15, -0.1) is 0 Å². The van der Waals surface area contributed by atoms with Gasteiger partial charge in [-0.05, 0) is 74.3 Å². The fourth-order valence-corrected chi connectivity index (χ4v) is 13.6. The number of carbonyl (C=O) groups is 7. The molecular weight excluding hydrogens is 1270 g/mol. The van der Waals surface area contributed by atoms with Crippen molar-refractivity contribution < 1.29 is 129 Å². The number of carbonyl (C=O) groups excluding carboxylic acids is 7. The third-order valence-electron chi connectivity index (χ3n) is 18.0. The highest BCUT2D eigenvalue weighted by molar-refractivity contribution is 5.88. The van der Waals surface area contributed by atoms with Crippen molar-refractivity contribution in [3.8, 4) is 0 Å². The van der Waals surface area contributed by atoms with Gasteiger partial charge in [0.1, 0.15) is 36.6 Å². The fraction of sp³-hybridized carbons (Fsp3) is 0.757. The number of aliphatic hydroxyl groups is 2. The van der Waals surface area contributed by atoms with E-state index in [2.05, 4.69) is 0 Å². The van der Waals surface area contributed by atoms with Crippen LogP contribution in [0.15, 0.2) is 58.7 Å². The number of rotatable bonds is 21. The van der Waals surface area contributed by atoms with Crippen LogP contribution in [0, 0.1) is 17.8 Å². The molecule has 0 saturated carbocycles. The Hall–Kier alpha value is -5.53. The summed E-state index contributed by atoms with van der Waals surface area (Å²) >= 11 is 0. The fourth-order valence-electron chi connectivity index (χ4n) is 13.6. The second-order valence-electron chi connectivity index (χ2n) is 26.5. The molecular formula is C70H108O27. The van der Waals surface area contributed by atoms with Gasteiger partial charge in [-0.25, -0.2) is 4.79 Å². The molecule has 97 heavy (non-hydrogen) atoms. The quantitative estimate of drug-likeness (QED) is 0.0861. The van der Waals surface area contributed by atoms with Crippen LogP contribution < -0.4 is 0 Å². The first-order chi connectivity index (χ1) is 45.4. The van der Waals surface area contributed by atoms with E-state index in [4.69, 9.17) is 85.3 Å². The van der Waals surface area contributed by atoms with E-state index in [-0.39, 0.29) is 50.7 Å². The number of cyclic esters (lactones) is 1. The first kappa shape index (κ1) is 82.1. The molecule has 27 nitrogen and oxygen atoms in total. The van der Waals surface area contributed by atoms with Crippen molar-refractivity contribution in [2.45, 2.75) is 290 Å². The molecule has 0 aromatic rings. The number of ether oxygens (including phenoxy) is 18. The maximum Gasteiger partial charge on any atom is 0.334 e. The Morgan fingerprint density at radius 1 is 0.629 bits per heavy atom. The lowest BCUT2D eigenvalue weighted by molar-refractivity contribution is -0.367. The third kappa shape index (κ3) is 23.3. The van der Waals surface area contributed by atoms with Crippen LogP contribution in [0.2, 0.25) is 0 Å². The van der Waals surface area contributed by atoms with Gasteiger partial charge >= 0.3 is 41.8 Å². The number of esters is 7. The number of hydrogen-bond acceptors (Lipinski definition) is 27. The smallest absolute Gasteiger partial charge is 0.334 e. The summed E-state index contributed by atoms with van der Waals surface area (Å²) in [5.41, 5.74) is 0.567. The molecule has 5 aliphatic rings. The molecule has 0 aromatic carbocycles. The van der Waals surface area contributed by atoms with E-state index in [1.165, 1.54) is 70.0 Å². The first-order valence-corrected chi connectivity index (χ1v) is 33.2. The van der Waals surface area contributed by atoms with Crippen molar-refractivity contribution in [2.75, 3.05) is 35.0 Å². The minimum absolute atomic E-state index is 0.0678. The lowest BCUT2D eigenvalue weighted by atomic mass is 9.75. The van der Waals surface area contributed by atoms with Gasteiger partial charge in [-0.1, -0.05) is 67.9 Å². The average Bonchev–Trinajstić information content (AvgIpc) is 0.904. The van der Waals surface area contributed by atoms with E-state index >= 15 is 0 Å². The normalized spacial score (nSPS) is 39.7. The van der Waals surface area contributed by atoms with Crippen molar-refractivity contribution in [1.82, 2.24) is 0 Å². The molecule has 0 aliphatic carbocycles. The highest BCUT2D eigenvalue weighted by Crippen LogP contribution is 2.45. The van der Waals surface area contributed by atoms with Gasteiger partial charge in [0.05, 0.1) is 60.9 Å². The van der Waals surface area contributed by atoms with Crippen LogP contribution >= 0.6 is 0 Å². The zero-order chi connectivity index (χ0) is 72.6. The van der Waals surface area contributed by atoms with Crippen molar-refractivity contribution in [2.24, 2.45) is 17.8 Å². The molecule has 5 rings (SSSR count). The largest absolute Gasteiger partial charge is 0.462 e. The second kappa shape index (κ2) is 37.2. The van der Waals surface area contributed by atoms with Gasteiger partial charge in [0.2, 0.25) is 5.79 Å². The highest BCUT2D eigenvalue weighted by Gasteiger charge is 2.61. The Morgan fingerprint density at radius 3 is 1.79 bits per heavy atom. The van der Waals surface area contributed by atoms with E-state index in [1.54, 1.807) is 54.5 Å². The van der Waals surface area contributed by atoms with E-state index < -0.39 is 194 Å². The van der Waals surface area contributed by atoms with Crippen LogP contribution in [0.3, 0.4) is 0 Å². The van der Waals surface area contributed by atoms with Gasteiger partial charge in [-0.3, -0.25) is 28.8 Å². The van der Waals surface area contributed by atoms with E-state index in [9.17, 15) is 43.8 Å². The maximum atomic E-state index is 14.8. The average molecular weight is 1380 g/mol. The zero-order valence-corrected chi connectivity index (χ0v) is 60.3. The van der Waals surface area contributed by atoms with E-state index in [0.717, 1.165) is 18.1 Å². The van der Waals surface area contributed by atoms with Crippen LogP contribution in [0.1, 0.15) is 156 Å². The standard InChI is InChI=1S/C70H108O27/c1-35-23-22-24-53(87-45(11)71)55(81-19)31-57(94-67(77)39(5)29-37(3)27-36(2)28-38(4)52(26-25-35)95-68-64(91-49(15)75)63(90-48(14)74)62(83-21)43(9)86-68)66(92-50(16)76)70(79)41(7)60(88-46(12)72)40(6)54(97-70)30-51(34-80-18)93-59-33-69(17,78)65(44(10)85-59)96-58-32-56(82-20)61(42(8)84-58)89-47(13)73/h23,25-29,38,40-44,51-66,68,78-79H,22,24,30-34H2,1-21H3/b26-25+,35-23+,36-28+,37-27+,39-29+/t38-,40+,41-,42-,43+,44+,51-,52-,53+,54-,55+,56-,57+,58+,59+,60+,61-,62+,63-,64+,65+,66-,68+,69+,70-/m1/s1. The van der Waals surface area contributed by atoms with Crippen molar-refractivity contribution in [3.05, 3.63) is 58.7 Å². The molecule has 0 bridgehead atoms. The Balaban J connectivity index is 1.53. The lowest BCUT2D eigenvalue weighted by Crippen LogP contribution is -2.67. The lowest BCUT2D eigenvalue weighted by Gasteiger charge is -2.52. The second-order valence-corrected chi connectivity index (χ2v) is 26.5. The Morgan fingerprint density at radius 2 is 1.22 bits per heavy atom. The van der Waals surface area contributed by atoms with Gasteiger partial charge in [0.25, 0.3) is 0 Å². The molecule has 550 valence electrons. The first-order valence-electron chi connectivity index (χ1n) is 33.2. The van der Waals surface area contributed by atoms with E-state index in [0.29, 0.717) is 5.57 Å². The molecule has 4 saturated heterocycles. The van der Waals surface area contributed by atoms with Gasteiger partial charge in [-0.2, -0.15) is 0 Å². The summed E-state index contributed by atoms with van der Waals surface area (Å²) < 4.78 is 110. The van der Waals surface area contributed by atoms with Crippen LogP contribution in [-0.4, -0.2) is 221 Å². The highest BCUT2D eigenvalue weighted by atomic mass is 16.8. The van der Waals surface area contributed by atoms with Crippen molar-refractivity contribution in [1.29, 1.82) is 0 Å². The molecule has 27 heteroatoms. The predicted octanol–water partition coefficient (Wildman–Crippen LogP) is 7.01. The van der Waals surface area contributed by atoms with E-state index in [1.807, 2.05) is 51.2 Å². The van der Waals surface area contributed by atoms with Gasteiger partial charge in [0, 0.05) is 113 Å². The molecule has 0 aromatic heterocycles. The maximum absolute atomic E-state index is 14.8. The SMILES string of the molecule is COC[C@@H](C[C@H]1O[C@@](O)([C@H](OC(C)=O)[C@@H]2C[C@H](OC)[C@@H](OC(C)=O)CC/C=C(C)/C=C/[C@@H](O[C@@H]3O[C@@H](C)[C@H](OC)[C@@H](OC(C)=O)[C@@H]3OC(C)=O)[C@H](C)/C=C(C)/C=C(C)/C=C(\C)C(=O)O2)[C@H](C)[C@@H](OC(C)=O)[C@H]1C)O[C@H]1C[C@](C)(O)[C@@H](O[C@H]2C[C@@H](OC)[C@H](OC(C)=O)[C@@H](C)O2)[C@H](C)O1. The van der Waals surface area contributed by atoms with Gasteiger partial charge in [0.15, 0.2) is 43.3 Å². The van der Waals surface area contributed by atoms with Crippen molar-refractivity contribution in [3.63, 3.8) is 0 Å². The summed E-state index contributed by atoms with van der Waals surface area (Å²) in [4.78, 5) is 91.5. The molecule has 5 heterocycles. The topological polar surface area (TPSA) is 326 Å². The number of allylic oxidation sites excluding steroid dienone is 7. The summed E-state index contributed by atoms with van der Waals surface area (Å²) in [5, 5.41) is 25.6. The Labute approximate surface area is 570 Å². The molecule has 0 spiro atoms. The summed E-state index contributed by atoms with van der Waals surface area (Å²) in [6, 6.07) is 0. The Kier molecular flexibility index (Phi) is 31.5. The van der Waals surface area contributed by atoms with Crippen molar-refractivity contribution >= 4 is 41.8 Å². The van der Waals surface area contributed by atoms with Crippen LogP contribution in [-0.2, 0) is 119 Å². The van der Waals surface area contributed by atoms with Crippen LogP contribution in [0.4, 0.5) is 0 Å². The molecule has 2 N–H and O–H groups in total. The molecule has 0 radical (unpaired) electrons. The van der Waals surface area contributed by atoms with Crippen LogP contribution in [0.25, 0.3) is 0 Å². The minimum Gasteiger partial charge on any atom is -0.462 e. The molecule has 0 amide bonds. The summed E-state index contributed by atoms with van der Waals surface area (Å²) in [7, 11) is 5.74. The van der Waals surface area contributed by atoms with Gasteiger partial charge < -0.3 is 95.5 Å². The number of methoxy groups -OCH3 is 4. The minimum atomic E-state index is -2.66. The summed E-state index contributed by atoms with van der Waals surface area (Å²) in [6.07, 6.45) is -9.42. The molecule has 5 aliphatic heterocycles. The zero-order valence-electron chi connectivity index (χ0n) is 60.3. The summed E-state index contributed by atoms with van der Waals surface area (Å²) in [6.45, 7) is 26.2. The third-order valence-corrected chi connectivity index (χ3v) is 18.0. The Bertz CT molecular complexity index is 2810.